The molecule has 0 unspecified atom stereocenters. The van der Waals surface area contributed by atoms with Gasteiger partial charge in [0.15, 0.2) is 0 Å². The van der Waals surface area contributed by atoms with Crippen LogP contribution in [0.15, 0.2) is 60.8 Å². The standard InChI is InChI=1S/C46H69F2N5O7SSi2/c1-33(54)50-29-39(44(57)59-22-25-62(5,6)7)51-41(55)19-24-61-32-42(56)53(21-14-20-49-45(58)60-23-26-63(8,9)10)43(46(2,3)4)40-27-35(37-28-36(47)17-18-38(37)48)31-52(40)30-34-15-12-11-13-16-34/h11-13,15-18,27-28,31,39,43H,14,19-26,29-30,32H2,1-10H3,(H,49,58)(H,50,54)(H,51,55)/t39-,43+/m1/s1. The molecule has 348 valence electrons. The minimum atomic E-state index is -1.48. The van der Waals surface area contributed by atoms with Crippen LogP contribution < -0.4 is 16.0 Å². The molecule has 0 aliphatic rings. The van der Waals surface area contributed by atoms with Crippen molar-refractivity contribution < 1.29 is 42.2 Å². The van der Waals surface area contributed by atoms with Gasteiger partial charge in [-0.2, -0.15) is 11.8 Å². The Kier molecular flexibility index (Phi) is 20.6. The summed E-state index contributed by atoms with van der Waals surface area (Å²) in [5.74, 6) is -2.54. The minimum absolute atomic E-state index is 0.00481. The summed E-state index contributed by atoms with van der Waals surface area (Å²) in [5, 5.41) is 8.07. The first-order valence-corrected chi connectivity index (χ1v) is 30.2. The maximum Gasteiger partial charge on any atom is 0.407 e. The summed E-state index contributed by atoms with van der Waals surface area (Å²) in [6.45, 7) is 21.8. The van der Waals surface area contributed by atoms with Crippen LogP contribution in [0.2, 0.25) is 51.4 Å². The van der Waals surface area contributed by atoms with Crippen LogP contribution in [0.5, 0.6) is 0 Å². The number of thioether (sulfide) groups is 1. The number of halogens is 2. The van der Waals surface area contributed by atoms with Crippen LogP contribution >= 0.6 is 11.8 Å². The van der Waals surface area contributed by atoms with Gasteiger partial charge in [-0.1, -0.05) is 90.4 Å². The van der Waals surface area contributed by atoms with E-state index in [9.17, 15) is 28.4 Å². The van der Waals surface area contributed by atoms with E-state index in [2.05, 4.69) is 55.2 Å². The van der Waals surface area contributed by atoms with Gasteiger partial charge in [0.1, 0.15) is 17.7 Å². The van der Waals surface area contributed by atoms with Gasteiger partial charge in [-0.25, -0.2) is 18.4 Å². The molecule has 0 saturated carbocycles. The maximum atomic E-state index is 15.3. The van der Waals surface area contributed by atoms with Crippen molar-refractivity contribution >= 4 is 57.7 Å². The van der Waals surface area contributed by atoms with Crippen LogP contribution in [0.4, 0.5) is 13.6 Å². The predicted molar refractivity (Wildman–Crippen MR) is 253 cm³/mol. The van der Waals surface area contributed by atoms with E-state index in [4.69, 9.17) is 9.47 Å². The molecule has 12 nitrogen and oxygen atoms in total. The third kappa shape index (κ3) is 19.4. The second-order valence-corrected chi connectivity index (χ2v) is 31.7. The number of nitrogens with zero attached hydrogens (tertiary/aromatic N) is 2. The number of carbonyl (C=O) groups is 5. The molecule has 3 N–H and O–H groups in total. The zero-order valence-electron chi connectivity index (χ0n) is 38.8. The van der Waals surface area contributed by atoms with Crippen molar-refractivity contribution in [2.75, 3.05) is 44.4 Å². The Morgan fingerprint density at radius 3 is 2.14 bits per heavy atom. The Balaban J connectivity index is 1.88. The summed E-state index contributed by atoms with van der Waals surface area (Å²) in [6.07, 6.45) is 1.65. The molecule has 1 heterocycles. The van der Waals surface area contributed by atoms with Crippen LogP contribution in [-0.2, 0) is 35.2 Å². The molecule has 2 atom stereocenters. The van der Waals surface area contributed by atoms with Crippen molar-refractivity contribution in [3.63, 3.8) is 0 Å². The second kappa shape index (κ2) is 24.5. The van der Waals surface area contributed by atoms with Crippen molar-refractivity contribution in [2.45, 2.75) is 111 Å². The average Bonchev–Trinajstić information content (AvgIpc) is 3.57. The molecule has 0 radical (unpaired) electrons. The molecule has 0 fully saturated rings. The largest absolute Gasteiger partial charge is 0.464 e. The van der Waals surface area contributed by atoms with Crippen LogP contribution in [0.25, 0.3) is 11.1 Å². The van der Waals surface area contributed by atoms with Gasteiger partial charge in [0.2, 0.25) is 17.7 Å². The van der Waals surface area contributed by atoms with E-state index in [1.807, 2.05) is 61.7 Å². The first-order chi connectivity index (χ1) is 29.4. The van der Waals surface area contributed by atoms with Crippen LogP contribution in [0, 0.1) is 17.0 Å². The summed E-state index contributed by atoms with van der Waals surface area (Å²) >= 11 is 1.26. The number of nitrogens with one attached hydrogen (secondary N) is 3. The van der Waals surface area contributed by atoms with Crippen molar-refractivity contribution in [1.82, 2.24) is 25.4 Å². The highest BCUT2D eigenvalue weighted by atomic mass is 32.2. The van der Waals surface area contributed by atoms with E-state index < -0.39 is 63.3 Å². The highest BCUT2D eigenvalue weighted by Gasteiger charge is 2.37. The molecule has 4 amide bonds. The van der Waals surface area contributed by atoms with Crippen molar-refractivity contribution in [2.24, 2.45) is 5.41 Å². The Hall–Kier alpha value is -4.49. The number of carbonyl (C=O) groups excluding carboxylic acids is 5. The zero-order chi connectivity index (χ0) is 47.0. The van der Waals surface area contributed by atoms with Gasteiger partial charge in [-0.15, -0.1) is 0 Å². The third-order valence-corrected chi connectivity index (χ3v) is 14.4. The Morgan fingerprint density at radius 2 is 1.52 bits per heavy atom. The number of aromatic nitrogens is 1. The third-order valence-electron chi connectivity index (χ3n) is 10.00. The Labute approximate surface area is 379 Å². The first-order valence-electron chi connectivity index (χ1n) is 21.6. The van der Waals surface area contributed by atoms with E-state index >= 15 is 4.39 Å². The van der Waals surface area contributed by atoms with Gasteiger partial charge in [0.25, 0.3) is 0 Å². The highest BCUT2D eigenvalue weighted by molar-refractivity contribution is 7.99. The van der Waals surface area contributed by atoms with E-state index in [1.165, 1.54) is 18.7 Å². The molecule has 63 heavy (non-hydrogen) atoms. The summed E-state index contributed by atoms with van der Waals surface area (Å²) in [6, 6.07) is 14.8. The number of amides is 4. The molecular formula is C46H69F2N5O7SSi2. The molecule has 17 heteroatoms. The molecule has 0 aliphatic carbocycles. The Morgan fingerprint density at radius 1 is 0.873 bits per heavy atom. The molecule has 3 aromatic rings. The SMILES string of the molecule is CC(=O)NC[C@@H](NC(=O)CCSCC(=O)N(CCCNC(=O)OCC[Si](C)(C)C)[C@@H](c1cc(-c2cc(F)ccc2F)cn1Cc1ccccc1)C(C)(C)C)C(=O)OCC[Si](C)(C)C. The van der Waals surface area contributed by atoms with Gasteiger partial charge >= 0.3 is 12.1 Å². The molecule has 2 aromatic carbocycles. The van der Waals surface area contributed by atoms with E-state index in [0.29, 0.717) is 30.8 Å². The van der Waals surface area contributed by atoms with Crippen LogP contribution in [0.1, 0.15) is 57.8 Å². The number of esters is 1. The molecular weight excluding hydrogens is 861 g/mol. The van der Waals surface area contributed by atoms with Crippen molar-refractivity contribution in [3.8, 4) is 11.1 Å². The quantitative estimate of drug-likeness (QED) is 0.0461. The lowest BCUT2D eigenvalue weighted by atomic mass is 9.83. The molecule has 0 aliphatic heterocycles. The summed E-state index contributed by atoms with van der Waals surface area (Å²) in [7, 11) is -2.88. The summed E-state index contributed by atoms with van der Waals surface area (Å²) < 4.78 is 42.7. The number of rotatable bonds is 24. The van der Waals surface area contributed by atoms with Gasteiger partial charge in [-0.05, 0) is 53.8 Å². The molecule has 0 bridgehead atoms. The van der Waals surface area contributed by atoms with E-state index in [1.54, 1.807) is 11.1 Å². The van der Waals surface area contributed by atoms with E-state index in [-0.39, 0.29) is 61.5 Å². The van der Waals surface area contributed by atoms with Gasteiger partial charge in [0.05, 0.1) is 25.0 Å². The van der Waals surface area contributed by atoms with E-state index in [0.717, 1.165) is 35.9 Å². The van der Waals surface area contributed by atoms with Gasteiger partial charge in [0, 0.05) is 84.4 Å². The first kappa shape index (κ1) is 52.9. The fraction of sp³-hybridized carbons (Fsp3) is 0.543. The topological polar surface area (TPSA) is 148 Å². The van der Waals surface area contributed by atoms with Crippen molar-refractivity contribution in [3.05, 3.63) is 83.7 Å². The number of benzene rings is 2. The summed E-state index contributed by atoms with van der Waals surface area (Å²) in [4.78, 5) is 66.5. The minimum Gasteiger partial charge on any atom is -0.464 e. The lowest BCUT2D eigenvalue weighted by molar-refractivity contribution is -0.147. The fourth-order valence-electron chi connectivity index (χ4n) is 6.62. The fourth-order valence-corrected chi connectivity index (χ4v) is 8.87. The predicted octanol–water partition coefficient (Wildman–Crippen LogP) is 8.48. The monoisotopic (exact) mass is 929 g/mol. The number of hydrogen-bond donors (Lipinski definition) is 3. The Bertz CT molecular complexity index is 1980. The van der Waals surface area contributed by atoms with Crippen LogP contribution in [0.3, 0.4) is 0 Å². The zero-order valence-corrected chi connectivity index (χ0v) is 41.6. The van der Waals surface area contributed by atoms with Crippen molar-refractivity contribution in [1.29, 1.82) is 0 Å². The normalized spacial score (nSPS) is 12.8. The number of alkyl carbamates (subject to hydrolysis) is 1. The maximum absolute atomic E-state index is 15.3. The van der Waals surface area contributed by atoms with Crippen LogP contribution in [-0.4, -0.2) is 106 Å². The highest BCUT2D eigenvalue weighted by Crippen LogP contribution is 2.41. The molecule has 0 spiro atoms. The van der Waals surface area contributed by atoms with Gasteiger partial charge in [-0.3, -0.25) is 14.4 Å². The molecule has 0 saturated heterocycles. The number of ether oxygens (including phenoxy) is 2. The average molecular weight is 930 g/mol. The van der Waals surface area contributed by atoms with Gasteiger partial charge < -0.3 is 34.9 Å². The molecule has 1 aromatic heterocycles. The lowest BCUT2D eigenvalue weighted by Gasteiger charge is -2.41. The second-order valence-electron chi connectivity index (χ2n) is 19.3. The molecule has 3 rings (SSSR count). The smallest absolute Gasteiger partial charge is 0.407 e. The number of hydrogen-bond acceptors (Lipinski definition) is 8. The summed E-state index contributed by atoms with van der Waals surface area (Å²) in [5.41, 5.74) is 1.65. The lowest BCUT2D eigenvalue weighted by Crippen LogP contribution is -2.49.